The van der Waals surface area contributed by atoms with E-state index in [9.17, 15) is 4.79 Å². The molecule has 1 aliphatic carbocycles. The molecule has 7 nitrogen and oxygen atoms in total. The van der Waals surface area contributed by atoms with Crippen LogP contribution in [-0.4, -0.2) is 64.0 Å². The quantitative estimate of drug-likeness (QED) is 0.405. The molecule has 0 saturated carbocycles. The van der Waals surface area contributed by atoms with Gasteiger partial charge in [-0.2, -0.15) is 0 Å². The number of hydrogen-bond donors (Lipinski definition) is 2. The molecule has 0 aromatic heterocycles. The summed E-state index contributed by atoms with van der Waals surface area (Å²) in [7, 11) is 0. The van der Waals surface area contributed by atoms with E-state index in [4.69, 9.17) is 19.8 Å². The van der Waals surface area contributed by atoms with E-state index in [-0.39, 0.29) is 5.92 Å². The van der Waals surface area contributed by atoms with Crippen LogP contribution in [0.2, 0.25) is 0 Å². The first-order chi connectivity index (χ1) is 17.9. The largest absolute Gasteiger partial charge is 0.473 e. The number of carbonyl (C=O) groups excluding carboxylic acids is 1. The number of allylic oxidation sites excluding steroid dienone is 2. The maximum atomic E-state index is 13.5. The zero-order valence-electron chi connectivity index (χ0n) is 21.4. The standard InChI is InChI=1S/C28H36N2O.C2H2O4/c31-28(27-17-19-29(20-18-27)22-25-12-6-2-7-13-25)30(23-26-14-8-3-9-15-26)21-16-24-10-4-1-5-11-24;3-1(4)2(5)6/h1-6,8-11,14-15,25,27H,7,12-13,16-23H2;(H,3,4)(H,5,6). The van der Waals surface area contributed by atoms with Gasteiger partial charge in [-0.25, -0.2) is 9.59 Å². The molecule has 2 aromatic carbocycles. The average Bonchev–Trinajstić information content (AvgIpc) is 2.93. The lowest BCUT2D eigenvalue weighted by Crippen LogP contribution is -2.44. The molecule has 2 aromatic rings. The van der Waals surface area contributed by atoms with Crippen LogP contribution in [-0.2, 0) is 27.3 Å². The van der Waals surface area contributed by atoms with Gasteiger partial charge in [-0.1, -0.05) is 72.8 Å². The van der Waals surface area contributed by atoms with E-state index in [0.29, 0.717) is 12.5 Å². The van der Waals surface area contributed by atoms with Crippen LogP contribution < -0.4 is 0 Å². The number of amides is 1. The summed E-state index contributed by atoms with van der Waals surface area (Å²) in [4.78, 5) is 36.4. The fourth-order valence-electron chi connectivity index (χ4n) is 4.99. The van der Waals surface area contributed by atoms with Crippen molar-refractivity contribution in [2.45, 2.75) is 45.1 Å². The smallest absolute Gasteiger partial charge is 0.414 e. The van der Waals surface area contributed by atoms with Gasteiger partial charge in [0.05, 0.1) is 0 Å². The van der Waals surface area contributed by atoms with Gasteiger partial charge in [0.25, 0.3) is 0 Å². The van der Waals surface area contributed by atoms with Crippen molar-refractivity contribution in [2.75, 3.05) is 26.2 Å². The lowest BCUT2D eigenvalue weighted by atomic mass is 9.91. The van der Waals surface area contributed by atoms with Gasteiger partial charge in [0.1, 0.15) is 0 Å². The Bertz CT molecular complexity index is 1000. The summed E-state index contributed by atoms with van der Waals surface area (Å²) in [6.07, 6.45) is 11.3. The summed E-state index contributed by atoms with van der Waals surface area (Å²) in [5, 5.41) is 14.8. The van der Waals surface area contributed by atoms with Crippen molar-refractivity contribution in [3.63, 3.8) is 0 Å². The summed E-state index contributed by atoms with van der Waals surface area (Å²) >= 11 is 0. The zero-order valence-corrected chi connectivity index (χ0v) is 21.4. The number of carbonyl (C=O) groups is 3. The summed E-state index contributed by atoms with van der Waals surface area (Å²) in [5.41, 5.74) is 2.51. The van der Waals surface area contributed by atoms with Gasteiger partial charge in [-0.3, -0.25) is 4.79 Å². The van der Waals surface area contributed by atoms with Gasteiger partial charge in [0.15, 0.2) is 0 Å². The molecular weight excluding hydrogens is 468 g/mol. The molecule has 37 heavy (non-hydrogen) atoms. The first-order valence-electron chi connectivity index (χ1n) is 13.1. The van der Waals surface area contributed by atoms with Crippen LogP contribution in [0.25, 0.3) is 0 Å². The van der Waals surface area contributed by atoms with Crippen molar-refractivity contribution in [3.05, 3.63) is 83.9 Å². The van der Waals surface area contributed by atoms with E-state index in [1.165, 1.54) is 36.9 Å². The maximum absolute atomic E-state index is 13.5. The highest BCUT2D eigenvalue weighted by atomic mass is 16.4. The highest BCUT2D eigenvalue weighted by molar-refractivity contribution is 6.27. The second-order valence-electron chi connectivity index (χ2n) is 9.82. The van der Waals surface area contributed by atoms with Gasteiger partial charge in [0, 0.05) is 25.6 Å². The van der Waals surface area contributed by atoms with Crippen LogP contribution in [0.3, 0.4) is 0 Å². The van der Waals surface area contributed by atoms with E-state index < -0.39 is 11.9 Å². The minimum atomic E-state index is -1.82. The summed E-state index contributed by atoms with van der Waals surface area (Å²) in [6.45, 7) is 4.82. The molecule has 7 heteroatoms. The molecule has 1 unspecified atom stereocenters. The Labute approximate surface area is 219 Å². The Balaban J connectivity index is 0.000000568. The highest BCUT2D eigenvalue weighted by Crippen LogP contribution is 2.25. The number of piperidine rings is 1. The van der Waals surface area contributed by atoms with Crippen LogP contribution in [0.15, 0.2) is 72.8 Å². The Kier molecular flexibility index (Phi) is 11.4. The normalized spacial score (nSPS) is 17.9. The van der Waals surface area contributed by atoms with Crippen LogP contribution in [0.4, 0.5) is 0 Å². The highest BCUT2D eigenvalue weighted by Gasteiger charge is 2.29. The second-order valence-corrected chi connectivity index (χ2v) is 9.82. The fraction of sp³-hybridized carbons (Fsp3) is 0.433. The van der Waals surface area contributed by atoms with Crippen molar-refractivity contribution in [3.8, 4) is 0 Å². The number of likely N-dealkylation sites (tertiary alicyclic amines) is 1. The molecule has 1 saturated heterocycles. The van der Waals surface area contributed by atoms with E-state index in [1.54, 1.807) is 0 Å². The Morgan fingerprint density at radius 3 is 1.95 bits per heavy atom. The van der Waals surface area contributed by atoms with Crippen molar-refractivity contribution < 1.29 is 24.6 Å². The molecule has 1 aliphatic heterocycles. The third kappa shape index (κ3) is 9.84. The molecule has 0 bridgehead atoms. The Morgan fingerprint density at radius 1 is 0.811 bits per heavy atom. The minimum Gasteiger partial charge on any atom is -0.473 e. The lowest BCUT2D eigenvalue weighted by Gasteiger charge is -2.36. The number of hydrogen-bond acceptors (Lipinski definition) is 4. The molecular formula is C30H38N2O5. The van der Waals surface area contributed by atoms with Gasteiger partial charge in [-0.05, 0) is 68.7 Å². The molecule has 1 amide bonds. The van der Waals surface area contributed by atoms with Crippen LogP contribution in [0, 0.1) is 11.8 Å². The molecule has 2 aliphatic rings. The summed E-state index contributed by atoms with van der Waals surface area (Å²) in [5.74, 6) is -2.33. The maximum Gasteiger partial charge on any atom is 0.414 e. The fourth-order valence-corrected chi connectivity index (χ4v) is 4.99. The molecule has 2 N–H and O–H groups in total. The minimum absolute atomic E-state index is 0.169. The predicted octanol–water partition coefficient (Wildman–Crippen LogP) is 4.48. The number of carboxylic acid groups (broad SMARTS) is 2. The molecule has 1 heterocycles. The molecule has 4 rings (SSSR count). The third-order valence-electron chi connectivity index (χ3n) is 7.05. The first kappa shape index (κ1) is 28.1. The van der Waals surface area contributed by atoms with E-state index in [2.05, 4.69) is 70.5 Å². The second kappa shape index (κ2) is 15.0. The zero-order chi connectivity index (χ0) is 26.5. The van der Waals surface area contributed by atoms with Crippen molar-refractivity contribution in [2.24, 2.45) is 11.8 Å². The summed E-state index contributed by atoms with van der Waals surface area (Å²) in [6, 6.07) is 20.9. The number of nitrogens with zero attached hydrogens (tertiary/aromatic N) is 2. The van der Waals surface area contributed by atoms with Gasteiger partial charge in [0.2, 0.25) is 5.91 Å². The van der Waals surface area contributed by atoms with Crippen LogP contribution in [0.1, 0.15) is 43.2 Å². The van der Waals surface area contributed by atoms with Gasteiger partial charge in [-0.15, -0.1) is 0 Å². The van der Waals surface area contributed by atoms with E-state index in [1.807, 2.05) is 12.1 Å². The van der Waals surface area contributed by atoms with Crippen molar-refractivity contribution in [1.82, 2.24) is 9.80 Å². The monoisotopic (exact) mass is 506 g/mol. The number of carboxylic acids is 2. The topological polar surface area (TPSA) is 98.2 Å². The molecule has 1 fully saturated rings. The van der Waals surface area contributed by atoms with Crippen molar-refractivity contribution in [1.29, 1.82) is 0 Å². The number of aliphatic carboxylic acids is 2. The Morgan fingerprint density at radius 2 is 1.41 bits per heavy atom. The molecule has 0 spiro atoms. The Hall–Kier alpha value is -3.45. The molecule has 1 atom stereocenters. The predicted molar refractivity (Wildman–Crippen MR) is 143 cm³/mol. The number of benzene rings is 2. The molecule has 0 radical (unpaired) electrons. The lowest BCUT2D eigenvalue weighted by molar-refractivity contribution is -0.159. The first-order valence-corrected chi connectivity index (χ1v) is 13.1. The van der Waals surface area contributed by atoms with Gasteiger partial charge < -0.3 is 20.0 Å². The van der Waals surface area contributed by atoms with E-state index >= 15 is 0 Å². The third-order valence-corrected chi connectivity index (χ3v) is 7.05. The van der Waals surface area contributed by atoms with Crippen molar-refractivity contribution >= 4 is 17.8 Å². The van der Waals surface area contributed by atoms with Crippen LogP contribution >= 0.6 is 0 Å². The number of rotatable bonds is 8. The van der Waals surface area contributed by atoms with Gasteiger partial charge >= 0.3 is 11.9 Å². The molecule has 198 valence electrons. The van der Waals surface area contributed by atoms with Crippen LogP contribution in [0.5, 0.6) is 0 Å². The SMILES string of the molecule is O=C(C1CCN(CC2CC=CCC2)CC1)N(CCc1ccccc1)Cc1ccccc1.O=C(O)C(=O)O. The summed E-state index contributed by atoms with van der Waals surface area (Å²) < 4.78 is 0. The van der Waals surface area contributed by atoms with E-state index in [0.717, 1.165) is 44.8 Å². The average molecular weight is 507 g/mol.